The molecule has 0 amide bonds. The van der Waals surface area contributed by atoms with Crippen molar-refractivity contribution in [2.75, 3.05) is 7.11 Å². The van der Waals surface area contributed by atoms with Gasteiger partial charge in [-0.25, -0.2) is 9.67 Å². The summed E-state index contributed by atoms with van der Waals surface area (Å²) < 4.78 is 1.79. The molecular formula is C18H16N6O. The Morgan fingerprint density at radius 2 is 2.04 bits per heavy atom. The van der Waals surface area contributed by atoms with Gasteiger partial charge in [0.05, 0.1) is 17.8 Å². The van der Waals surface area contributed by atoms with Gasteiger partial charge in [-0.05, 0) is 42.8 Å². The molecule has 1 aromatic carbocycles. The fourth-order valence-electron chi connectivity index (χ4n) is 2.74. The molecule has 124 valence electrons. The van der Waals surface area contributed by atoms with Crippen LogP contribution in [0.2, 0.25) is 0 Å². The van der Waals surface area contributed by atoms with Crippen molar-refractivity contribution in [2.24, 2.45) is 5.16 Å². The van der Waals surface area contributed by atoms with Crippen LogP contribution in [0.3, 0.4) is 0 Å². The molecule has 0 radical (unpaired) electrons. The molecule has 0 fully saturated rings. The van der Waals surface area contributed by atoms with E-state index in [9.17, 15) is 0 Å². The standard InChI is InChI=1S/C18H16N6O/c1-12(22-25-2)15-7-8-17-18(20-15)24(23-21-17)11-13-5-6-16-14(10-13)4-3-9-19-16/h3-10H,11H2,1-2H3. The average molecular weight is 332 g/mol. The second kappa shape index (κ2) is 6.27. The molecule has 7 heteroatoms. The minimum Gasteiger partial charge on any atom is -0.399 e. The zero-order valence-corrected chi connectivity index (χ0v) is 13.9. The number of aromatic nitrogens is 5. The normalized spacial score (nSPS) is 12.0. The molecule has 0 atom stereocenters. The van der Waals surface area contributed by atoms with Gasteiger partial charge >= 0.3 is 0 Å². The Bertz CT molecular complexity index is 1090. The molecule has 4 rings (SSSR count). The smallest absolute Gasteiger partial charge is 0.179 e. The number of nitrogens with zero attached hydrogens (tertiary/aromatic N) is 6. The maximum absolute atomic E-state index is 4.82. The van der Waals surface area contributed by atoms with E-state index < -0.39 is 0 Å². The number of benzene rings is 1. The first-order valence-electron chi connectivity index (χ1n) is 7.86. The largest absolute Gasteiger partial charge is 0.399 e. The first kappa shape index (κ1) is 15.2. The number of hydrogen-bond acceptors (Lipinski definition) is 6. The van der Waals surface area contributed by atoms with Crippen molar-refractivity contribution in [3.8, 4) is 0 Å². The third-order valence-corrected chi connectivity index (χ3v) is 3.96. The van der Waals surface area contributed by atoms with Crippen molar-refractivity contribution in [3.05, 3.63) is 59.9 Å². The van der Waals surface area contributed by atoms with Gasteiger partial charge in [-0.15, -0.1) is 5.10 Å². The van der Waals surface area contributed by atoms with E-state index in [1.54, 1.807) is 10.9 Å². The van der Waals surface area contributed by atoms with E-state index in [-0.39, 0.29) is 0 Å². The monoisotopic (exact) mass is 332 g/mol. The van der Waals surface area contributed by atoms with Crippen molar-refractivity contribution < 1.29 is 4.84 Å². The summed E-state index contributed by atoms with van der Waals surface area (Å²) in [6.45, 7) is 2.43. The predicted octanol–water partition coefficient (Wildman–Crippen LogP) is 2.79. The van der Waals surface area contributed by atoms with Gasteiger partial charge in [0.1, 0.15) is 18.3 Å². The Balaban J connectivity index is 1.72. The lowest BCUT2D eigenvalue weighted by Crippen LogP contribution is -2.05. The zero-order chi connectivity index (χ0) is 17.2. The molecule has 0 aliphatic rings. The summed E-state index contributed by atoms with van der Waals surface area (Å²) >= 11 is 0. The Morgan fingerprint density at radius 3 is 2.92 bits per heavy atom. The number of fused-ring (bicyclic) bond motifs is 2. The molecule has 3 aromatic heterocycles. The maximum atomic E-state index is 4.82. The topological polar surface area (TPSA) is 78.1 Å². The van der Waals surface area contributed by atoms with Crippen LogP contribution in [-0.4, -0.2) is 37.8 Å². The van der Waals surface area contributed by atoms with Crippen LogP contribution < -0.4 is 0 Å². The van der Waals surface area contributed by atoms with Crippen LogP contribution in [0.25, 0.3) is 22.1 Å². The van der Waals surface area contributed by atoms with Gasteiger partial charge in [0, 0.05) is 11.6 Å². The van der Waals surface area contributed by atoms with E-state index in [0.29, 0.717) is 12.3 Å². The summed E-state index contributed by atoms with van der Waals surface area (Å²) in [5, 5.41) is 13.5. The molecule has 25 heavy (non-hydrogen) atoms. The van der Waals surface area contributed by atoms with E-state index >= 15 is 0 Å². The third kappa shape index (κ3) is 2.91. The molecule has 0 aliphatic heterocycles. The molecule has 0 unspecified atom stereocenters. The van der Waals surface area contributed by atoms with Crippen LogP contribution in [0.1, 0.15) is 18.2 Å². The number of rotatable bonds is 4. The van der Waals surface area contributed by atoms with Gasteiger partial charge in [0.15, 0.2) is 5.65 Å². The molecule has 0 spiro atoms. The van der Waals surface area contributed by atoms with Crippen molar-refractivity contribution in [3.63, 3.8) is 0 Å². The Kier molecular flexibility index (Phi) is 3.81. The number of oxime groups is 1. The molecule has 7 nitrogen and oxygen atoms in total. The van der Waals surface area contributed by atoms with Crippen molar-refractivity contribution in [1.29, 1.82) is 0 Å². The summed E-state index contributed by atoms with van der Waals surface area (Å²) in [5.74, 6) is 0. The van der Waals surface area contributed by atoms with Crippen LogP contribution in [0, 0.1) is 0 Å². The van der Waals surface area contributed by atoms with Gasteiger partial charge in [-0.3, -0.25) is 4.98 Å². The first-order valence-corrected chi connectivity index (χ1v) is 7.86. The minimum atomic E-state index is 0.582. The van der Waals surface area contributed by atoms with Crippen LogP contribution in [0.4, 0.5) is 0 Å². The quantitative estimate of drug-likeness (QED) is 0.424. The van der Waals surface area contributed by atoms with E-state index in [1.807, 2.05) is 43.3 Å². The lowest BCUT2D eigenvalue weighted by Gasteiger charge is -2.05. The molecule has 4 aromatic rings. The van der Waals surface area contributed by atoms with Crippen molar-refractivity contribution in [1.82, 2.24) is 25.0 Å². The highest BCUT2D eigenvalue weighted by Gasteiger charge is 2.10. The summed E-state index contributed by atoms with van der Waals surface area (Å²) in [4.78, 5) is 13.8. The van der Waals surface area contributed by atoms with Gasteiger partial charge < -0.3 is 4.84 Å². The van der Waals surface area contributed by atoms with Crippen molar-refractivity contribution >= 4 is 27.8 Å². The second-order valence-electron chi connectivity index (χ2n) is 5.68. The van der Waals surface area contributed by atoms with Gasteiger partial charge in [-0.1, -0.05) is 22.5 Å². The third-order valence-electron chi connectivity index (χ3n) is 3.96. The molecule has 0 aliphatic carbocycles. The molecule has 0 saturated carbocycles. The van der Waals surface area contributed by atoms with Crippen LogP contribution >= 0.6 is 0 Å². The summed E-state index contributed by atoms with van der Waals surface area (Å²) in [6.07, 6.45) is 1.79. The highest BCUT2D eigenvalue weighted by Crippen LogP contribution is 2.16. The highest BCUT2D eigenvalue weighted by atomic mass is 16.6. The first-order chi connectivity index (χ1) is 12.2. The lowest BCUT2D eigenvalue weighted by molar-refractivity contribution is 0.213. The highest BCUT2D eigenvalue weighted by molar-refractivity contribution is 5.97. The summed E-state index contributed by atoms with van der Waals surface area (Å²) in [7, 11) is 1.52. The lowest BCUT2D eigenvalue weighted by atomic mass is 10.1. The average Bonchev–Trinajstić information content (AvgIpc) is 3.04. The summed E-state index contributed by atoms with van der Waals surface area (Å²) in [5.41, 5.74) is 4.99. The molecule has 0 bridgehead atoms. The summed E-state index contributed by atoms with van der Waals surface area (Å²) in [6, 6.07) is 13.9. The van der Waals surface area contributed by atoms with Gasteiger partial charge in [0.2, 0.25) is 0 Å². The van der Waals surface area contributed by atoms with Crippen LogP contribution in [0.15, 0.2) is 53.8 Å². The van der Waals surface area contributed by atoms with E-state index in [0.717, 1.165) is 33.3 Å². The van der Waals surface area contributed by atoms with Crippen LogP contribution in [0.5, 0.6) is 0 Å². The second-order valence-corrected chi connectivity index (χ2v) is 5.68. The van der Waals surface area contributed by atoms with Crippen molar-refractivity contribution in [2.45, 2.75) is 13.5 Å². The molecule has 0 saturated heterocycles. The van der Waals surface area contributed by atoms with Gasteiger partial charge in [0.25, 0.3) is 0 Å². The van der Waals surface area contributed by atoms with E-state index in [2.05, 4.69) is 31.5 Å². The number of pyridine rings is 2. The SMILES string of the molecule is CON=C(C)c1ccc2nnn(Cc3ccc4ncccc4c3)c2n1. The fraction of sp³-hybridized carbons (Fsp3) is 0.167. The van der Waals surface area contributed by atoms with E-state index in [4.69, 9.17) is 4.84 Å². The van der Waals surface area contributed by atoms with Gasteiger partial charge in [-0.2, -0.15) is 0 Å². The molecule has 0 N–H and O–H groups in total. The Hall–Kier alpha value is -3.35. The Morgan fingerprint density at radius 1 is 1.16 bits per heavy atom. The predicted molar refractivity (Wildman–Crippen MR) is 95.4 cm³/mol. The van der Waals surface area contributed by atoms with E-state index in [1.165, 1.54) is 7.11 Å². The zero-order valence-electron chi connectivity index (χ0n) is 13.9. The molecular weight excluding hydrogens is 316 g/mol. The fourth-order valence-corrected chi connectivity index (χ4v) is 2.74. The number of hydrogen-bond donors (Lipinski definition) is 0. The van der Waals surface area contributed by atoms with Crippen LogP contribution in [-0.2, 0) is 11.4 Å². The minimum absolute atomic E-state index is 0.582. The maximum Gasteiger partial charge on any atom is 0.179 e. The molecule has 3 heterocycles. The Labute approximate surface area is 144 Å².